The van der Waals surface area contributed by atoms with E-state index in [9.17, 15) is 5.11 Å². The van der Waals surface area contributed by atoms with Gasteiger partial charge in [-0.25, -0.2) is 0 Å². The van der Waals surface area contributed by atoms with Crippen molar-refractivity contribution in [3.63, 3.8) is 0 Å². The molecule has 0 aliphatic rings. The van der Waals surface area contributed by atoms with Crippen LogP contribution in [0.2, 0.25) is 0 Å². The molecule has 0 aromatic carbocycles. The quantitative estimate of drug-likeness (QED) is 0.0621. The number of hydrogen-bond donors (Lipinski definition) is 1. The number of aliphatic hydroxyl groups is 1. The second-order valence-electron chi connectivity index (χ2n) is 17.7. The topological polar surface area (TPSA) is 20.2 Å². The van der Waals surface area contributed by atoms with E-state index in [2.05, 4.69) is 20.8 Å². The number of hydrogen-bond acceptors (Lipinski definition) is 1. The molecule has 0 rings (SSSR count). The van der Waals surface area contributed by atoms with Crippen molar-refractivity contribution in [2.24, 2.45) is 5.41 Å². The fourth-order valence-electron chi connectivity index (χ4n) is 8.70. The van der Waals surface area contributed by atoms with Gasteiger partial charge in [-0.05, 0) is 24.7 Å². The summed E-state index contributed by atoms with van der Waals surface area (Å²) in [7, 11) is 0. The number of unbranched alkanes of at least 4 members (excludes halogenated alkanes) is 39. The van der Waals surface area contributed by atoms with Crippen molar-refractivity contribution >= 4 is 0 Å². The van der Waals surface area contributed by atoms with Crippen LogP contribution in [-0.4, -0.2) is 11.7 Å². The van der Waals surface area contributed by atoms with E-state index in [1.807, 2.05) is 0 Å². The fourth-order valence-corrected chi connectivity index (χ4v) is 8.70. The zero-order valence-electron chi connectivity index (χ0n) is 36.5. The summed E-state index contributed by atoms with van der Waals surface area (Å²) >= 11 is 0. The molecule has 0 radical (unpaired) electrons. The molecule has 1 heteroatoms. The van der Waals surface area contributed by atoms with Crippen molar-refractivity contribution in [2.75, 3.05) is 6.61 Å². The molecular formula is C50H102O. The Morgan fingerprint density at radius 3 is 0.490 bits per heavy atom. The maximum absolute atomic E-state index is 10.8. The minimum absolute atomic E-state index is 0.214. The third kappa shape index (κ3) is 39.5. The van der Waals surface area contributed by atoms with E-state index in [1.165, 1.54) is 289 Å². The molecule has 0 aromatic rings. The lowest BCUT2D eigenvalue weighted by Gasteiger charge is -2.32. The van der Waals surface area contributed by atoms with Gasteiger partial charge in [0.05, 0.1) is 0 Å². The second kappa shape index (κ2) is 44.4. The molecule has 1 N–H and O–H groups in total. The van der Waals surface area contributed by atoms with Crippen LogP contribution in [0.15, 0.2) is 0 Å². The summed E-state index contributed by atoms with van der Waals surface area (Å²) in [6.45, 7) is 7.37. The van der Waals surface area contributed by atoms with Gasteiger partial charge in [-0.2, -0.15) is 0 Å². The second-order valence-corrected chi connectivity index (χ2v) is 17.7. The lowest BCUT2D eigenvalue weighted by atomic mass is 9.74. The summed E-state index contributed by atoms with van der Waals surface area (Å²) in [5.41, 5.74) is 0.214. The van der Waals surface area contributed by atoms with Crippen molar-refractivity contribution in [3.05, 3.63) is 0 Å². The smallest absolute Gasteiger partial charge is 0.0487 e. The summed E-state index contributed by atoms with van der Waals surface area (Å²) in [5, 5.41) is 10.8. The zero-order chi connectivity index (χ0) is 37.0. The molecule has 0 saturated heterocycles. The third-order valence-corrected chi connectivity index (χ3v) is 12.5. The van der Waals surface area contributed by atoms with Crippen LogP contribution in [0.4, 0.5) is 0 Å². The molecule has 0 aliphatic heterocycles. The SMILES string of the molecule is CCCCCCCCCCCCCCCCC(CO)(CCCCCCCCCCCCCCCC)CCCCCCCCCCCCCCCC. The van der Waals surface area contributed by atoms with Crippen molar-refractivity contribution in [2.45, 2.75) is 310 Å². The van der Waals surface area contributed by atoms with Crippen LogP contribution < -0.4 is 0 Å². The number of rotatable bonds is 46. The van der Waals surface area contributed by atoms with Crippen LogP contribution in [0.25, 0.3) is 0 Å². The van der Waals surface area contributed by atoms with E-state index >= 15 is 0 Å². The highest BCUT2D eigenvalue weighted by atomic mass is 16.3. The Morgan fingerprint density at radius 2 is 0.353 bits per heavy atom. The zero-order valence-corrected chi connectivity index (χ0v) is 36.5. The minimum Gasteiger partial charge on any atom is -0.396 e. The van der Waals surface area contributed by atoms with E-state index < -0.39 is 0 Å². The van der Waals surface area contributed by atoms with E-state index in [-0.39, 0.29) is 5.41 Å². The molecule has 0 spiro atoms. The Hall–Kier alpha value is -0.0400. The maximum atomic E-state index is 10.8. The van der Waals surface area contributed by atoms with Crippen LogP contribution in [-0.2, 0) is 0 Å². The Labute approximate surface area is 325 Å². The van der Waals surface area contributed by atoms with Crippen LogP contribution in [0.1, 0.15) is 310 Å². The molecule has 1 nitrogen and oxygen atoms in total. The van der Waals surface area contributed by atoms with Gasteiger partial charge in [0.2, 0.25) is 0 Å². The number of aliphatic hydroxyl groups excluding tert-OH is 1. The van der Waals surface area contributed by atoms with Crippen LogP contribution in [0.5, 0.6) is 0 Å². The van der Waals surface area contributed by atoms with E-state index in [0.29, 0.717) is 6.61 Å². The maximum Gasteiger partial charge on any atom is 0.0487 e. The predicted octanol–water partition coefficient (Wildman–Crippen LogP) is 18.6. The lowest BCUT2D eigenvalue weighted by molar-refractivity contribution is 0.0856. The highest BCUT2D eigenvalue weighted by Gasteiger charge is 2.27. The molecule has 0 heterocycles. The standard InChI is InChI=1S/C50H102O/c1-4-7-10-13-16-19-22-25-28-31-34-37-40-43-46-50(49-51,47-44-41-38-35-32-29-26-23-20-17-14-11-8-5-2)48-45-42-39-36-33-30-27-24-21-18-15-12-9-6-3/h51H,4-49H2,1-3H3. The van der Waals surface area contributed by atoms with Crippen LogP contribution in [0.3, 0.4) is 0 Å². The van der Waals surface area contributed by atoms with Crippen LogP contribution >= 0.6 is 0 Å². The van der Waals surface area contributed by atoms with Gasteiger partial charge in [-0.15, -0.1) is 0 Å². The van der Waals surface area contributed by atoms with Gasteiger partial charge in [-0.1, -0.05) is 290 Å². The van der Waals surface area contributed by atoms with Gasteiger partial charge in [0.15, 0.2) is 0 Å². The van der Waals surface area contributed by atoms with Crippen molar-refractivity contribution < 1.29 is 5.11 Å². The summed E-state index contributed by atoms with van der Waals surface area (Å²) in [5.74, 6) is 0. The van der Waals surface area contributed by atoms with Gasteiger partial charge < -0.3 is 5.11 Å². The van der Waals surface area contributed by atoms with Crippen molar-refractivity contribution in [3.8, 4) is 0 Å². The van der Waals surface area contributed by atoms with Crippen molar-refractivity contribution in [1.29, 1.82) is 0 Å². The first-order valence-electron chi connectivity index (χ1n) is 24.9. The predicted molar refractivity (Wildman–Crippen MR) is 234 cm³/mol. The summed E-state index contributed by atoms with van der Waals surface area (Å²) in [6.07, 6.45) is 63.9. The molecule has 308 valence electrons. The first-order chi connectivity index (χ1) is 25.2. The Bertz CT molecular complexity index is 519. The molecule has 0 aromatic heterocycles. The summed E-state index contributed by atoms with van der Waals surface area (Å²) < 4.78 is 0. The molecule has 0 amide bonds. The average Bonchev–Trinajstić information content (AvgIpc) is 3.14. The Balaban J connectivity index is 4.20. The van der Waals surface area contributed by atoms with E-state index in [0.717, 1.165) is 0 Å². The normalized spacial score (nSPS) is 12.0. The van der Waals surface area contributed by atoms with Gasteiger partial charge in [0, 0.05) is 6.61 Å². The third-order valence-electron chi connectivity index (χ3n) is 12.5. The highest BCUT2D eigenvalue weighted by molar-refractivity contribution is 4.79. The summed E-state index contributed by atoms with van der Waals surface area (Å²) in [4.78, 5) is 0. The largest absolute Gasteiger partial charge is 0.396 e. The molecular weight excluding hydrogens is 617 g/mol. The van der Waals surface area contributed by atoms with Gasteiger partial charge in [0.25, 0.3) is 0 Å². The first-order valence-corrected chi connectivity index (χ1v) is 24.9. The monoisotopic (exact) mass is 719 g/mol. The minimum atomic E-state index is 0.214. The molecule has 0 bridgehead atoms. The molecule has 0 saturated carbocycles. The average molecular weight is 719 g/mol. The highest BCUT2D eigenvalue weighted by Crippen LogP contribution is 2.37. The molecule has 0 unspecified atom stereocenters. The van der Waals surface area contributed by atoms with Crippen molar-refractivity contribution in [1.82, 2.24) is 0 Å². The molecule has 51 heavy (non-hydrogen) atoms. The van der Waals surface area contributed by atoms with E-state index in [4.69, 9.17) is 0 Å². The molecule has 0 fully saturated rings. The lowest BCUT2D eigenvalue weighted by Crippen LogP contribution is -2.26. The first kappa shape index (κ1) is 51.0. The van der Waals surface area contributed by atoms with Gasteiger partial charge >= 0.3 is 0 Å². The molecule has 0 atom stereocenters. The Kier molecular flexibility index (Phi) is 44.3. The summed E-state index contributed by atoms with van der Waals surface area (Å²) in [6, 6.07) is 0. The fraction of sp³-hybridized carbons (Fsp3) is 1.00. The van der Waals surface area contributed by atoms with Gasteiger partial charge in [0.1, 0.15) is 0 Å². The Morgan fingerprint density at radius 1 is 0.216 bits per heavy atom. The molecule has 0 aliphatic carbocycles. The van der Waals surface area contributed by atoms with Gasteiger partial charge in [-0.3, -0.25) is 0 Å². The van der Waals surface area contributed by atoms with E-state index in [1.54, 1.807) is 0 Å². The van der Waals surface area contributed by atoms with Crippen LogP contribution in [0, 0.1) is 5.41 Å².